The van der Waals surface area contributed by atoms with Crippen molar-refractivity contribution in [2.75, 3.05) is 31.2 Å². The van der Waals surface area contributed by atoms with Crippen molar-refractivity contribution in [3.63, 3.8) is 0 Å². The third kappa shape index (κ3) is 5.92. The zero-order valence-electron chi connectivity index (χ0n) is 24.4. The topological polar surface area (TPSA) is 50.6 Å². The maximum atomic E-state index is 12.7. The number of fused-ring (bicyclic) bond motifs is 4. The van der Waals surface area contributed by atoms with Crippen LogP contribution in [0.5, 0.6) is 0 Å². The van der Waals surface area contributed by atoms with Crippen LogP contribution in [-0.2, 0) is 18.3 Å². The van der Waals surface area contributed by atoms with E-state index < -0.39 is 0 Å². The summed E-state index contributed by atoms with van der Waals surface area (Å²) in [6, 6.07) is 14.0. The number of benzene rings is 1. The second-order valence-corrected chi connectivity index (χ2v) is 11.6. The van der Waals surface area contributed by atoms with E-state index in [0.29, 0.717) is 12.1 Å². The average Bonchev–Trinajstić information content (AvgIpc) is 3.35. The highest BCUT2D eigenvalue weighted by Crippen LogP contribution is 2.42. The van der Waals surface area contributed by atoms with Gasteiger partial charge in [0, 0.05) is 63.6 Å². The molecule has 210 valence electrons. The predicted octanol–water partition coefficient (Wildman–Crippen LogP) is 6.57. The zero-order valence-corrected chi connectivity index (χ0v) is 24.4. The first-order valence-electron chi connectivity index (χ1n) is 15.2. The lowest BCUT2D eigenvalue weighted by Crippen LogP contribution is -2.51. The van der Waals surface area contributed by atoms with E-state index in [9.17, 15) is 4.79 Å². The third-order valence-corrected chi connectivity index (χ3v) is 8.81. The van der Waals surface area contributed by atoms with Crippen molar-refractivity contribution in [3.8, 4) is 0 Å². The third-order valence-electron chi connectivity index (χ3n) is 8.81. The second kappa shape index (κ2) is 12.6. The van der Waals surface area contributed by atoms with E-state index >= 15 is 0 Å². The van der Waals surface area contributed by atoms with Crippen LogP contribution in [-0.4, -0.2) is 46.8 Å². The van der Waals surface area contributed by atoms with Gasteiger partial charge in [-0.05, 0) is 67.3 Å². The lowest BCUT2D eigenvalue weighted by molar-refractivity contribution is 0.134. The molecule has 0 amide bonds. The van der Waals surface area contributed by atoms with E-state index in [0.717, 1.165) is 68.3 Å². The van der Waals surface area contributed by atoms with Gasteiger partial charge >= 0.3 is 0 Å². The van der Waals surface area contributed by atoms with Crippen molar-refractivity contribution >= 4 is 16.7 Å². The molecule has 1 saturated heterocycles. The fourth-order valence-corrected chi connectivity index (χ4v) is 6.75. The Balaban J connectivity index is 0.000000392. The minimum Gasteiger partial charge on any atom is -0.381 e. The van der Waals surface area contributed by atoms with Crippen LogP contribution < -0.4 is 10.5 Å². The summed E-state index contributed by atoms with van der Waals surface area (Å²) in [6.45, 7) is 11.3. The van der Waals surface area contributed by atoms with Crippen LogP contribution in [0.2, 0.25) is 0 Å². The van der Waals surface area contributed by atoms with Gasteiger partial charge in [0.1, 0.15) is 5.65 Å². The smallest absolute Gasteiger partial charge is 0.253 e. The van der Waals surface area contributed by atoms with Gasteiger partial charge in [-0.2, -0.15) is 0 Å². The number of rotatable bonds is 6. The van der Waals surface area contributed by atoms with Gasteiger partial charge in [0.2, 0.25) is 0 Å². The molecule has 0 bridgehead atoms. The van der Waals surface area contributed by atoms with Crippen molar-refractivity contribution in [2.24, 2.45) is 7.05 Å². The largest absolute Gasteiger partial charge is 0.381 e. The van der Waals surface area contributed by atoms with Crippen molar-refractivity contribution in [1.82, 2.24) is 14.5 Å². The van der Waals surface area contributed by atoms with Crippen LogP contribution in [0.3, 0.4) is 0 Å². The van der Waals surface area contributed by atoms with Crippen molar-refractivity contribution < 1.29 is 4.74 Å². The summed E-state index contributed by atoms with van der Waals surface area (Å²) in [6.07, 6.45) is 10.9. The van der Waals surface area contributed by atoms with E-state index in [1.165, 1.54) is 43.2 Å². The normalized spacial score (nSPS) is 21.4. The lowest BCUT2D eigenvalue weighted by atomic mass is 9.83. The highest BCUT2D eigenvalue weighted by Gasteiger charge is 2.39. The Morgan fingerprint density at radius 1 is 1.00 bits per heavy atom. The van der Waals surface area contributed by atoms with E-state index in [4.69, 9.17) is 4.74 Å². The molecule has 2 aromatic heterocycles. The molecule has 2 unspecified atom stereocenters. The fourth-order valence-electron chi connectivity index (χ4n) is 6.75. The molecule has 3 aromatic rings. The minimum absolute atomic E-state index is 0.00484. The van der Waals surface area contributed by atoms with Gasteiger partial charge < -0.3 is 9.64 Å². The standard InChI is InChI=1S/C27H32N4O.C6H14O/c1-18-15-30(24-14-26(32)29(2)27-23(24)9-6-12-28-27)17-25-22-11-10-20(13-21(22)16-31(18)25)19-7-4-3-5-8-19;1-3-5-7-6-4-2/h6,9-14,18-19,25H,3-5,7-8,15-17H2,1-2H3;3-6H2,1-2H3. The Kier molecular flexibility index (Phi) is 9.03. The number of anilines is 1. The van der Waals surface area contributed by atoms with Crippen LogP contribution in [0.1, 0.15) is 94.4 Å². The monoisotopic (exact) mass is 530 g/mol. The Hall–Kier alpha value is -2.70. The van der Waals surface area contributed by atoms with Crippen LogP contribution in [0, 0.1) is 0 Å². The molecule has 2 fully saturated rings. The number of hydrogen-bond donors (Lipinski definition) is 0. The number of aromatic nitrogens is 2. The molecule has 4 heterocycles. The van der Waals surface area contributed by atoms with Gasteiger partial charge in [0.25, 0.3) is 5.56 Å². The van der Waals surface area contributed by atoms with Gasteiger partial charge in [-0.25, -0.2) is 4.98 Å². The molecule has 6 rings (SSSR count). The molecule has 6 nitrogen and oxygen atoms in total. The summed E-state index contributed by atoms with van der Waals surface area (Å²) in [5.41, 5.74) is 6.33. The second-order valence-electron chi connectivity index (χ2n) is 11.6. The van der Waals surface area contributed by atoms with Gasteiger partial charge in [-0.1, -0.05) is 51.3 Å². The molecule has 1 saturated carbocycles. The summed E-state index contributed by atoms with van der Waals surface area (Å²) < 4.78 is 6.78. The Bertz CT molecular complexity index is 1310. The zero-order chi connectivity index (χ0) is 27.4. The molecular weight excluding hydrogens is 484 g/mol. The summed E-state index contributed by atoms with van der Waals surface area (Å²) in [5.74, 6) is 0.750. The number of ether oxygens (including phenoxy) is 1. The van der Waals surface area contributed by atoms with Crippen molar-refractivity contribution in [2.45, 2.75) is 90.3 Å². The number of pyridine rings is 2. The predicted molar refractivity (Wildman–Crippen MR) is 161 cm³/mol. The number of hydrogen-bond acceptors (Lipinski definition) is 5. The van der Waals surface area contributed by atoms with Gasteiger partial charge in [-0.3, -0.25) is 14.3 Å². The summed E-state index contributed by atoms with van der Waals surface area (Å²) >= 11 is 0. The minimum atomic E-state index is 0.00484. The van der Waals surface area contributed by atoms with Crippen LogP contribution in [0.15, 0.2) is 47.4 Å². The molecule has 0 N–H and O–H groups in total. The lowest BCUT2D eigenvalue weighted by Gasteiger charge is -2.43. The summed E-state index contributed by atoms with van der Waals surface area (Å²) in [5, 5.41) is 1.06. The highest BCUT2D eigenvalue weighted by atomic mass is 16.5. The van der Waals surface area contributed by atoms with E-state index in [2.05, 4.69) is 59.8 Å². The van der Waals surface area contributed by atoms with E-state index in [1.807, 2.05) is 6.07 Å². The maximum Gasteiger partial charge on any atom is 0.253 e. The summed E-state index contributed by atoms with van der Waals surface area (Å²) in [7, 11) is 1.80. The first-order chi connectivity index (χ1) is 19.0. The molecule has 2 aliphatic heterocycles. The Morgan fingerprint density at radius 2 is 1.77 bits per heavy atom. The number of aryl methyl sites for hydroxylation is 1. The molecule has 0 radical (unpaired) electrons. The molecule has 2 atom stereocenters. The van der Waals surface area contributed by atoms with Crippen molar-refractivity contribution in [3.05, 3.63) is 69.6 Å². The van der Waals surface area contributed by atoms with Crippen LogP contribution >= 0.6 is 0 Å². The van der Waals surface area contributed by atoms with Gasteiger partial charge in [0.15, 0.2) is 0 Å². The molecular formula is C33H46N4O2. The Labute approximate surface area is 234 Å². The van der Waals surface area contributed by atoms with Gasteiger partial charge in [0.05, 0.1) is 11.7 Å². The molecule has 39 heavy (non-hydrogen) atoms. The quantitative estimate of drug-likeness (QED) is 0.338. The maximum absolute atomic E-state index is 12.7. The van der Waals surface area contributed by atoms with Gasteiger partial charge in [-0.15, -0.1) is 0 Å². The van der Waals surface area contributed by atoms with Crippen LogP contribution in [0.25, 0.3) is 11.0 Å². The van der Waals surface area contributed by atoms with E-state index in [1.54, 1.807) is 29.4 Å². The SMILES string of the molecule is CC1CN(c2cc(=O)n(C)c3ncccc23)CC2c3ccc(C4CCCCC4)cc3CN12.CCCOCCC. The number of piperazine rings is 1. The van der Waals surface area contributed by atoms with E-state index in [-0.39, 0.29) is 5.56 Å². The van der Waals surface area contributed by atoms with Crippen LogP contribution in [0.4, 0.5) is 5.69 Å². The molecule has 1 aromatic carbocycles. The summed E-state index contributed by atoms with van der Waals surface area (Å²) in [4.78, 5) is 22.3. The highest BCUT2D eigenvalue weighted by molar-refractivity contribution is 5.89. The number of nitrogens with zero attached hydrogens (tertiary/aromatic N) is 4. The average molecular weight is 531 g/mol. The fraction of sp³-hybridized carbons (Fsp3) is 0.576. The van der Waals surface area contributed by atoms with Crippen molar-refractivity contribution in [1.29, 1.82) is 0 Å². The molecule has 0 spiro atoms. The molecule has 3 aliphatic rings. The first-order valence-corrected chi connectivity index (χ1v) is 15.2. The first kappa shape index (κ1) is 27.9. The Morgan fingerprint density at radius 3 is 2.51 bits per heavy atom. The molecule has 6 heteroatoms. The molecule has 1 aliphatic carbocycles.